The molecule has 0 radical (unpaired) electrons. The van der Waals surface area contributed by atoms with E-state index in [2.05, 4.69) is 25.0 Å². The van der Waals surface area contributed by atoms with Gasteiger partial charge in [-0.3, -0.25) is 0 Å². The highest BCUT2D eigenvalue weighted by molar-refractivity contribution is 7.89. The number of imidazole rings is 1. The average Bonchev–Trinajstić information content (AvgIpc) is 3.35. The number of benzene rings is 2. The predicted octanol–water partition coefficient (Wildman–Crippen LogP) is 3.81. The molecule has 0 bridgehead atoms. The van der Waals surface area contributed by atoms with Crippen LogP contribution in [0.2, 0.25) is 5.02 Å². The van der Waals surface area contributed by atoms with Gasteiger partial charge in [0.2, 0.25) is 10.0 Å². The Morgan fingerprint density at radius 1 is 1.03 bits per heavy atom. The van der Waals surface area contributed by atoms with Gasteiger partial charge in [0.05, 0.1) is 17.8 Å². The third-order valence-electron chi connectivity index (χ3n) is 5.93. The number of unbranched alkanes of at least 4 members (excludes halogenated alkanes) is 1. The fraction of sp³-hybridized carbons (Fsp3) is 0.308. The van der Waals surface area contributed by atoms with Crippen molar-refractivity contribution in [3.63, 3.8) is 0 Å². The van der Waals surface area contributed by atoms with Crippen molar-refractivity contribution in [3.05, 3.63) is 76.8 Å². The SMILES string of the molecule is CCc1nc(N)c2ncn(CCCCOC(=O)NCc3ccc(S(=O)(=O)NCc4ccc(Cl)cc4)cc3)c2n1. The zero-order valence-corrected chi connectivity index (χ0v) is 23.0. The van der Waals surface area contributed by atoms with Gasteiger partial charge in [0.15, 0.2) is 11.5 Å². The van der Waals surface area contributed by atoms with Crippen LogP contribution in [0.3, 0.4) is 0 Å². The Morgan fingerprint density at radius 2 is 1.72 bits per heavy atom. The number of rotatable bonds is 12. The maximum Gasteiger partial charge on any atom is 0.407 e. The molecule has 0 unspecified atom stereocenters. The van der Waals surface area contributed by atoms with Gasteiger partial charge in [-0.15, -0.1) is 0 Å². The number of halogens is 1. The number of alkyl carbamates (subject to hydrolysis) is 1. The van der Waals surface area contributed by atoms with Gasteiger partial charge >= 0.3 is 6.09 Å². The molecule has 0 aliphatic heterocycles. The van der Waals surface area contributed by atoms with Gasteiger partial charge in [0, 0.05) is 31.1 Å². The Bertz CT molecular complexity index is 1520. The number of hydrogen-bond donors (Lipinski definition) is 3. The Kier molecular flexibility index (Phi) is 9.33. The van der Waals surface area contributed by atoms with E-state index in [1.807, 2.05) is 11.5 Å². The van der Waals surface area contributed by atoms with Crippen LogP contribution in [-0.4, -0.2) is 40.6 Å². The molecular weight excluding hydrogens is 542 g/mol. The number of carbonyl (C=O) groups is 1. The fourth-order valence-corrected chi connectivity index (χ4v) is 4.90. The smallest absolute Gasteiger partial charge is 0.407 e. The quantitative estimate of drug-likeness (QED) is 0.217. The molecule has 4 rings (SSSR count). The number of aromatic nitrogens is 4. The molecule has 4 N–H and O–H groups in total. The van der Waals surface area contributed by atoms with Crippen molar-refractivity contribution in [1.82, 2.24) is 29.6 Å². The summed E-state index contributed by atoms with van der Waals surface area (Å²) in [5.74, 6) is 1.04. The highest BCUT2D eigenvalue weighted by Gasteiger charge is 2.14. The van der Waals surface area contributed by atoms with Gasteiger partial charge in [0.1, 0.15) is 11.3 Å². The van der Waals surface area contributed by atoms with E-state index in [1.54, 1.807) is 42.7 Å². The lowest BCUT2D eigenvalue weighted by atomic mass is 10.2. The van der Waals surface area contributed by atoms with Gasteiger partial charge in [-0.2, -0.15) is 0 Å². The highest BCUT2D eigenvalue weighted by Crippen LogP contribution is 2.17. The van der Waals surface area contributed by atoms with E-state index >= 15 is 0 Å². The Balaban J connectivity index is 1.17. The molecule has 2 aromatic heterocycles. The molecule has 1 amide bonds. The molecule has 0 aliphatic carbocycles. The summed E-state index contributed by atoms with van der Waals surface area (Å²) in [7, 11) is -3.68. The molecule has 39 heavy (non-hydrogen) atoms. The standard InChI is InChI=1S/C26H30ClN7O4S/c1-2-22-32-24(28)23-25(33-22)34(17-30-23)13-3-4-14-38-26(35)29-15-18-7-11-21(12-8-18)39(36,37)31-16-19-5-9-20(27)10-6-19/h5-12,17,31H,2-4,13-16H2,1H3,(H,29,35)(H2,28,32,33). The molecule has 11 nitrogen and oxygen atoms in total. The third kappa shape index (κ3) is 7.65. The minimum atomic E-state index is -3.68. The first-order valence-electron chi connectivity index (χ1n) is 12.5. The fourth-order valence-electron chi connectivity index (χ4n) is 3.76. The number of nitrogens with two attached hydrogens (primary N) is 1. The van der Waals surface area contributed by atoms with Crippen LogP contribution in [-0.2, 0) is 40.8 Å². The van der Waals surface area contributed by atoms with Gasteiger partial charge in [-0.1, -0.05) is 42.8 Å². The summed E-state index contributed by atoms with van der Waals surface area (Å²) in [4.78, 5) is 25.2. The summed E-state index contributed by atoms with van der Waals surface area (Å²) in [6, 6.07) is 13.2. The van der Waals surface area contributed by atoms with Crippen molar-refractivity contribution in [2.24, 2.45) is 0 Å². The Hall–Kier alpha value is -3.74. The van der Waals surface area contributed by atoms with Crippen LogP contribution in [0.5, 0.6) is 0 Å². The predicted molar refractivity (Wildman–Crippen MR) is 148 cm³/mol. The first kappa shape index (κ1) is 28.3. The van der Waals surface area contributed by atoms with E-state index in [9.17, 15) is 13.2 Å². The lowest BCUT2D eigenvalue weighted by Crippen LogP contribution is -2.25. The third-order valence-corrected chi connectivity index (χ3v) is 7.60. The highest BCUT2D eigenvalue weighted by atomic mass is 35.5. The van der Waals surface area contributed by atoms with Crippen LogP contribution in [0.4, 0.5) is 10.6 Å². The summed E-state index contributed by atoms with van der Waals surface area (Å²) in [6.07, 6.45) is 3.24. The summed E-state index contributed by atoms with van der Waals surface area (Å²) >= 11 is 5.86. The van der Waals surface area contributed by atoms with E-state index in [-0.39, 0.29) is 24.6 Å². The second-order valence-electron chi connectivity index (χ2n) is 8.78. The van der Waals surface area contributed by atoms with Crippen molar-refractivity contribution in [1.29, 1.82) is 0 Å². The van der Waals surface area contributed by atoms with Gasteiger partial charge in [-0.25, -0.2) is 32.9 Å². The normalized spacial score (nSPS) is 11.5. The number of nitrogens with one attached hydrogen (secondary N) is 2. The number of fused-ring (bicyclic) bond motifs is 1. The van der Waals surface area contributed by atoms with Crippen LogP contribution < -0.4 is 15.8 Å². The first-order valence-corrected chi connectivity index (χ1v) is 14.3. The van der Waals surface area contributed by atoms with Crippen molar-refractivity contribution in [3.8, 4) is 0 Å². The van der Waals surface area contributed by atoms with Crippen LogP contribution in [0.15, 0.2) is 59.8 Å². The summed E-state index contributed by atoms with van der Waals surface area (Å²) < 4.78 is 34.9. The molecule has 0 aliphatic rings. The van der Waals surface area contributed by atoms with Crippen LogP contribution in [0, 0.1) is 0 Å². The Labute approximate surface area is 231 Å². The maximum atomic E-state index is 12.6. The zero-order chi connectivity index (χ0) is 27.8. The first-order chi connectivity index (χ1) is 18.7. The molecule has 0 atom stereocenters. The molecule has 206 valence electrons. The van der Waals surface area contributed by atoms with Gasteiger partial charge in [-0.05, 0) is 48.2 Å². The van der Waals surface area contributed by atoms with E-state index in [0.717, 1.165) is 17.5 Å². The minimum absolute atomic E-state index is 0.133. The summed E-state index contributed by atoms with van der Waals surface area (Å²) in [5, 5.41) is 3.26. The van der Waals surface area contributed by atoms with Gasteiger partial charge in [0.25, 0.3) is 0 Å². The zero-order valence-electron chi connectivity index (χ0n) is 21.4. The number of hydrogen-bond acceptors (Lipinski definition) is 8. The lowest BCUT2D eigenvalue weighted by Gasteiger charge is -2.10. The molecule has 0 fully saturated rings. The van der Waals surface area contributed by atoms with E-state index in [4.69, 9.17) is 22.1 Å². The minimum Gasteiger partial charge on any atom is -0.450 e. The number of carbonyl (C=O) groups excluding carboxylic acids is 1. The molecule has 0 saturated carbocycles. The molecule has 13 heteroatoms. The Morgan fingerprint density at radius 3 is 2.44 bits per heavy atom. The number of nitrogen functional groups attached to an aromatic ring is 1. The molecule has 0 saturated heterocycles. The van der Waals surface area contributed by atoms with Crippen LogP contribution in [0.25, 0.3) is 11.2 Å². The lowest BCUT2D eigenvalue weighted by molar-refractivity contribution is 0.143. The molecule has 2 heterocycles. The number of ether oxygens (including phenoxy) is 1. The summed E-state index contributed by atoms with van der Waals surface area (Å²) in [6.45, 7) is 3.24. The molecule has 0 spiro atoms. The topological polar surface area (TPSA) is 154 Å². The number of sulfonamides is 1. The number of nitrogens with zero attached hydrogens (tertiary/aromatic N) is 4. The molecular formula is C26H30ClN7O4S. The summed E-state index contributed by atoms with van der Waals surface area (Å²) in [5.41, 5.74) is 8.79. The average molecular weight is 572 g/mol. The number of aryl methyl sites for hydroxylation is 2. The van der Waals surface area contributed by atoms with Crippen LogP contribution in [0.1, 0.15) is 36.7 Å². The van der Waals surface area contributed by atoms with Crippen molar-refractivity contribution >= 4 is 44.7 Å². The number of anilines is 1. The van der Waals surface area contributed by atoms with Crippen molar-refractivity contribution in [2.75, 3.05) is 12.3 Å². The van der Waals surface area contributed by atoms with E-state index in [1.165, 1.54) is 12.1 Å². The molecule has 4 aromatic rings. The molecule has 2 aromatic carbocycles. The van der Waals surface area contributed by atoms with Crippen molar-refractivity contribution < 1.29 is 17.9 Å². The van der Waals surface area contributed by atoms with E-state index in [0.29, 0.717) is 47.2 Å². The van der Waals surface area contributed by atoms with Gasteiger partial charge < -0.3 is 20.4 Å². The second-order valence-corrected chi connectivity index (χ2v) is 11.0. The van der Waals surface area contributed by atoms with E-state index < -0.39 is 16.1 Å². The maximum absolute atomic E-state index is 12.6. The monoisotopic (exact) mass is 571 g/mol. The van der Waals surface area contributed by atoms with Crippen molar-refractivity contribution in [2.45, 2.75) is 50.7 Å². The van der Waals surface area contributed by atoms with Crippen LogP contribution >= 0.6 is 11.6 Å². The second kappa shape index (κ2) is 12.9. The largest absolute Gasteiger partial charge is 0.450 e. The number of amides is 1.